The Bertz CT molecular complexity index is 572. The average Bonchev–Trinajstić information content (AvgIpc) is 2.33. The van der Waals surface area contributed by atoms with Crippen molar-refractivity contribution in [3.05, 3.63) is 46.5 Å². The third-order valence-electron chi connectivity index (χ3n) is 2.54. The molecule has 94 valence electrons. The van der Waals surface area contributed by atoms with Gasteiger partial charge in [0, 0.05) is 11.4 Å². The summed E-state index contributed by atoms with van der Waals surface area (Å²) >= 11 is 5.89. The van der Waals surface area contributed by atoms with Gasteiger partial charge in [0.15, 0.2) is 0 Å². The summed E-state index contributed by atoms with van der Waals surface area (Å²) in [4.78, 5) is 8.32. The lowest BCUT2D eigenvalue weighted by Crippen LogP contribution is -2.00. The van der Waals surface area contributed by atoms with E-state index >= 15 is 0 Å². The van der Waals surface area contributed by atoms with Crippen molar-refractivity contribution >= 4 is 23.2 Å². The minimum absolute atomic E-state index is 0.266. The van der Waals surface area contributed by atoms with Gasteiger partial charge < -0.3 is 5.32 Å². The molecular formula is C13H13ClFN3. The minimum Gasteiger partial charge on any atom is -0.324 e. The molecule has 3 nitrogen and oxygen atoms in total. The molecule has 0 unspecified atom stereocenters. The van der Waals surface area contributed by atoms with Crippen molar-refractivity contribution in [2.75, 3.05) is 5.32 Å². The third-order valence-corrected chi connectivity index (χ3v) is 2.73. The molecule has 1 N–H and O–H groups in total. The Morgan fingerprint density at radius 3 is 2.72 bits per heavy atom. The van der Waals surface area contributed by atoms with E-state index in [4.69, 9.17) is 11.6 Å². The minimum atomic E-state index is -0.266. The quantitative estimate of drug-likeness (QED) is 0.856. The lowest BCUT2D eigenvalue weighted by molar-refractivity contribution is 0.619. The fraction of sp³-hybridized carbons (Fsp3) is 0.231. The molecule has 0 radical (unpaired) electrons. The van der Waals surface area contributed by atoms with Gasteiger partial charge in [0.1, 0.15) is 11.0 Å². The molecule has 18 heavy (non-hydrogen) atoms. The topological polar surface area (TPSA) is 37.8 Å². The summed E-state index contributed by atoms with van der Waals surface area (Å²) in [5.74, 6) is 0.111. The fourth-order valence-corrected chi connectivity index (χ4v) is 1.71. The number of halogens is 2. The summed E-state index contributed by atoms with van der Waals surface area (Å²) in [5, 5.41) is 3.31. The van der Waals surface area contributed by atoms with Crippen LogP contribution >= 0.6 is 11.6 Å². The van der Waals surface area contributed by atoms with E-state index in [0.717, 1.165) is 12.1 Å². The number of anilines is 2. The smallest absolute Gasteiger partial charge is 0.228 e. The summed E-state index contributed by atoms with van der Waals surface area (Å²) in [6.07, 6.45) is 0.763. The van der Waals surface area contributed by atoms with E-state index in [1.807, 2.05) is 6.92 Å². The van der Waals surface area contributed by atoms with Gasteiger partial charge in [-0.2, -0.15) is 0 Å². The molecule has 0 spiro atoms. The van der Waals surface area contributed by atoms with Crippen LogP contribution in [0.25, 0.3) is 0 Å². The number of benzene rings is 1. The monoisotopic (exact) mass is 265 g/mol. The molecule has 0 aliphatic rings. The summed E-state index contributed by atoms with van der Waals surface area (Å²) in [5.41, 5.74) is 2.04. The Morgan fingerprint density at radius 1 is 1.28 bits per heavy atom. The predicted octanol–water partition coefficient (Wildman–Crippen LogP) is 3.88. The normalized spacial score (nSPS) is 10.4. The Morgan fingerprint density at radius 2 is 2.06 bits per heavy atom. The SMILES string of the molecule is CCc1cc(Cl)nc(Nc2ccc(C)c(F)c2)n1. The molecule has 0 aliphatic carbocycles. The van der Waals surface area contributed by atoms with Gasteiger partial charge in [-0.05, 0) is 37.1 Å². The summed E-state index contributed by atoms with van der Waals surface area (Å²) in [7, 11) is 0. The zero-order chi connectivity index (χ0) is 13.1. The van der Waals surface area contributed by atoms with Gasteiger partial charge in [0.2, 0.25) is 5.95 Å². The van der Waals surface area contributed by atoms with Crippen LogP contribution in [0.2, 0.25) is 5.15 Å². The summed E-state index contributed by atoms with van der Waals surface area (Å²) < 4.78 is 13.4. The van der Waals surface area contributed by atoms with Crippen molar-refractivity contribution in [2.24, 2.45) is 0 Å². The number of aromatic nitrogens is 2. The van der Waals surface area contributed by atoms with Gasteiger partial charge in [-0.3, -0.25) is 0 Å². The first kappa shape index (κ1) is 12.8. The zero-order valence-corrected chi connectivity index (χ0v) is 10.9. The third kappa shape index (κ3) is 2.96. The first-order chi connectivity index (χ1) is 8.58. The highest BCUT2D eigenvalue weighted by Gasteiger charge is 2.04. The van der Waals surface area contributed by atoms with Crippen LogP contribution in [0, 0.1) is 12.7 Å². The summed E-state index contributed by atoms with van der Waals surface area (Å²) in [6, 6.07) is 6.59. The van der Waals surface area contributed by atoms with Crippen molar-refractivity contribution < 1.29 is 4.39 Å². The second kappa shape index (κ2) is 5.31. The van der Waals surface area contributed by atoms with Gasteiger partial charge >= 0.3 is 0 Å². The van der Waals surface area contributed by atoms with Gasteiger partial charge in [0.05, 0.1) is 0 Å². The first-order valence-electron chi connectivity index (χ1n) is 5.65. The number of hydrogen-bond acceptors (Lipinski definition) is 3. The van der Waals surface area contributed by atoms with Crippen molar-refractivity contribution in [2.45, 2.75) is 20.3 Å². The van der Waals surface area contributed by atoms with Gasteiger partial charge in [-0.1, -0.05) is 24.6 Å². The highest BCUT2D eigenvalue weighted by molar-refractivity contribution is 6.29. The van der Waals surface area contributed by atoms with Crippen LogP contribution in [0.5, 0.6) is 0 Å². The molecule has 0 saturated carbocycles. The first-order valence-corrected chi connectivity index (χ1v) is 6.03. The van der Waals surface area contributed by atoms with Crippen LogP contribution < -0.4 is 5.32 Å². The van der Waals surface area contributed by atoms with E-state index in [1.54, 1.807) is 25.1 Å². The molecule has 2 rings (SSSR count). The van der Waals surface area contributed by atoms with Crippen LogP contribution in [0.4, 0.5) is 16.0 Å². The summed E-state index contributed by atoms with van der Waals surface area (Å²) in [6.45, 7) is 3.69. The lowest BCUT2D eigenvalue weighted by Gasteiger charge is -2.07. The molecule has 1 heterocycles. The molecule has 0 atom stereocenters. The molecule has 0 saturated heterocycles. The van der Waals surface area contributed by atoms with E-state index in [2.05, 4.69) is 15.3 Å². The maximum absolute atomic E-state index is 13.4. The lowest BCUT2D eigenvalue weighted by atomic mass is 10.2. The molecule has 1 aromatic carbocycles. The number of nitrogens with one attached hydrogen (secondary N) is 1. The van der Waals surface area contributed by atoms with Crippen LogP contribution in [-0.4, -0.2) is 9.97 Å². The van der Waals surface area contributed by atoms with Gasteiger partial charge in [0.25, 0.3) is 0 Å². The molecule has 5 heteroatoms. The highest BCUT2D eigenvalue weighted by atomic mass is 35.5. The van der Waals surface area contributed by atoms with Gasteiger partial charge in [-0.25, -0.2) is 14.4 Å². The highest BCUT2D eigenvalue weighted by Crippen LogP contribution is 2.18. The van der Waals surface area contributed by atoms with Crippen LogP contribution in [-0.2, 0) is 6.42 Å². The number of nitrogens with zero attached hydrogens (tertiary/aromatic N) is 2. The van der Waals surface area contributed by atoms with E-state index in [1.165, 1.54) is 6.07 Å². The zero-order valence-electron chi connectivity index (χ0n) is 10.2. The second-order valence-corrected chi connectivity index (χ2v) is 4.34. The molecule has 1 aromatic heterocycles. The molecule has 0 bridgehead atoms. The molecule has 0 aliphatic heterocycles. The van der Waals surface area contributed by atoms with E-state index in [9.17, 15) is 4.39 Å². The Kier molecular flexibility index (Phi) is 3.77. The second-order valence-electron chi connectivity index (χ2n) is 3.95. The average molecular weight is 266 g/mol. The predicted molar refractivity (Wildman–Crippen MR) is 70.8 cm³/mol. The number of aryl methyl sites for hydroxylation is 2. The van der Waals surface area contributed by atoms with Crippen LogP contribution in [0.3, 0.4) is 0 Å². The van der Waals surface area contributed by atoms with Crippen molar-refractivity contribution in [1.82, 2.24) is 9.97 Å². The van der Waals surface area contributed by atoms with Crippen molar-refractivity contribution in [1.29, 1.82) is 0 Å². The maximum atomic E-state index is 13.4. The molecule has 2 aromatic rings. The van der Waals surface area contributed by atoms with E-state index in [-0.39, 0.29) is 5.82 Å². The van der Waals surface area contributed by atoms with Crippen molar-refractivity contribution in [3.63, 3.8) is 0 Å². The van der Waals surface area contributed by atoms with Crippen LogP contribution in [0.15, 0.2) is 24.3 Å². The number of rotatable bonds is 3. The molecular weight excluding hydrogens is 253 g/mol. The Hall–Kier alpha value is -1.68. The standard InChI is InChI=1S/C13H13ClFN3/c1-3-9-7-12(14)18-13(16-9)17-10-5-4-8(2)11(15)6-10/h4-7H,3H2,1-2H3,(H,16,17,18). The largest absolute Gasteiger partial charge is 0.324 e. The van der Waals surface area contributed by atoms with Crippen molar-refractivity contribution in [3.8, 4) is 0 Å². The maximum Gasteiger partial charge on any atom is 0.228 e. The Balaban J connectivity index is 2.27. The number of hydrogen-bond donors (Lipinski definition) is 1. The molecule has 0 amide bonds. The fourth-order valence-electron chi connectivity index (χ4n) is 1.50. The van der Waals surface area contributed by atoms with E-state index in [0.29, 0.717) is 22.4 Å². The Labute approximate surface area is 110 Å². The van der Waals surface area contributed by atoms with E-state index < -0.39 is 0 Å². The van der Waals surface area contributed by atoms with Crippen LogP contribution in [0.1, 0.15) is 18.2 Å². The van der Waals surface area contributed by atoms with Gasteiger partial charge in [-0.15, -0.1) is 0 Å². The molecule has 0 fully saturated rings.